The van der Waals surface area contributed by atoms with Crippen LogP contribution in [0.4, 0.5) is 13.2 Å². The van der Waals surface area contributed by atoms with E-state index in [1.807, 2.05) is 0 Å². The van der Waals surface area contributed by atoms with E-state index in [1.54, 1.807) is 6.07 Å². The van der Waals surface area contributed by atoms with E-state index in [4.69, 9.17) is 23.2 Å². The van der Waals surface area contributed by atoms with Crippen molar-refractivity contribution in [1.82, 2.24) is 10.2 Å². The highest BCUT2D eigenvalue weighted by molar-refractivity contribution is 6.31. The van der Waals surface area contributed by atoms with Gasteiger partial charge in [-0.3, -0.25) is 0 Å². The third kappa shape index (κ3) is 3.45. The molecule has 0 unspecified atom stereocenters. The van der Waals surface area contributed by atoms with Crippen molar-refractivity contribution in [3.8, 4) is 0 Å². The molecule has 1 aliphatic carbocycles. The molecular weight excluding hydrogens is 348 g/mol. The second-order valence-corrected chi connectivity index (χ2v) is 6.49. The summed E-state index contributed by atoms with van der Waals surface area (Å²) in [6.07, 6.45) is 2.56. The molecule has 0 atom stereocenters. The highest BCUT2D eigenvalue weighted by atomic mass is 35.5. The quantitative estimate of drug-likeness (QED) is 0.692. The molecule has 0 radical (unpaired) electrons. The third-order valence-electron chi connectivity index (χ3n) is 4.37. The molecular formula is C16H13Cl2F3N2. The third-order valence-corrected chi connectivity index (χ3v) is 4.84. The van der Waals surface area contributed by atoms with Crippen molar-refractivity contribution in [3.05, 3.63) is 57.1 Å². The van der Waals surface area contributed by atoms with E-state index in [2.05, 4.69) is 10.2 Å². The zero-order chi connectivity index (χ0) is 16.6. The topological polar surface area (TPSA) is 25.8 Å². The Balaban J connectivity index is 1.78. The standard InChI is InChI=1S/C16H13Cl2F3N2/c17-14-7-11(16(18)23-22-14)8-1-3-9(4-2-8)15-12(20)5-10(19)6-13(15)21/h5-9H,1-4H2. The highest BCUT2D eigenvalue weighted by Gasteiger charge is 2.29. The van der Waals surface area contributed by atoms with Gasteiger partial charge >= 0.3 is 0 Å². The van der Waals surface area contributed by atoms with E-state index in [9.17, 15) is 13.2 Å². The molecule has 23 heavy (non-hydrogen) atoms. The van der Waals surface area contributed by atoms with E-state index in [0.29, 0.717) is 30.8 Å². The number of hydrogen-bond acceptors (Lipinski definition) is 2. The molecule has 0 saturated heterocycles. The fraction of sp³-hybridized carbons (Fsp3) is 0.375. The molecule has 122 valence electrons. The van der Waals surface area contributed by atoms with E-state index in [0.717, 1.165) is 17.7 Å². The van der Waals surface area contributed by atoms with E-state index < -0.39 is 17.5 Å². The molecule has 1 aliphatic rings. The first-order chi connectivity index (χ1) is 11.0. The van der Waals surface area contributed by atoms with Crippen LogP contribution in [0, 0.1) is 17.5 Å². The molecule has 1 aromatic carbocycles. The van der Waals surface area contributed by atoms with Crippen LogP contribution in [0.5, 0.6) is 0 Å². The zero-order valence-corrected chi connectivity index (χ0v) is 13.5. The summed E-state index contributed by atoms with van der Waals surface area (Å²) < 4.78 is 40.8. The van der Waals surface area contributed by atoms with Crippen LogP contribution in [0.2, 0.25) is 10.3 Å². The normalized spacial score (nSPS) is 21.4. The van der Waals surface area contributed by atoms with E-state index >= 15 is 0 Å². The number of rotatable bonds is 2. The predicted octanol–water partition coefficient (Wildman–Crippen LogP) is 5.64. The predicted molar refractivity (Wildman–Crippen MR) is 82.3 cm³/mol. The molecule has 1 saturated carbocycles. The number of halogens is 5. The largest absolute Gasteiger partial charge is 0.207 e. The molecule has 0 N–H and O–H groups in total. The second-order valence-electron chi connectivity index (χ2n) is 5.74. The first-order valence-corrected chi connectivity index (χ1v) is 8.04. The van der Waals surface area contributed by atoms with Gasteiger partial charge in [0.15, 0.2) is 10.3 Å². The lowest BCUT2D eigenvalue weighted by Gasteiger charge is -2.29. The van der Waals surface area contributed by atoms with Gasteiger partial charge in [-0.05, 0) is 49.1 Å². The monoisotopic (exact) mass is 360 g/mol. The van der Waals surface area contributed by atoms with E-state index in [1.165, 1.54) is 0 Å². The Morgan fingerprint density at radius 2 is 1.39 bits per heavy atom. The Bertz CT molecular complexity index is 708. The van der Waals surface area contributed by atoms with Gasteiger partial charge in [0, 0.05) is 17.7 Å². The van der Waals surface area contributed by atoms with Gasteiger partial charge in [-0.1, -0.05) is 23.2 Å². The van der Waals surface area contributed by atoms with Crippen molar-refractivity contribution in [1.29, 1.82) is 0 Å². The van der Waals surface area contributed by atoms with Gasteiger partial charge in [-0.15, -0.1) is 10.2 Å². The maximum atomic E-state index is 13.9. The fourth-order valence-corrected chi connectivity index (χ4v) is 3.69. The summed E-state index contributed by atoms with van der Waals surface area (Å²) in [5, 5.41) is 8.04. The van der Waals surface area contributed by atoms with Crippen LogP contribution in [-0.2, 0) is 0 Å². The van der Waals surface area contributed by atoms with Crippen molar-refractivity contribution < 1.29 is 13.2 Å². The van der Waals surface area contributed by atoms with Crippen LogP contribution in [0.3, 0.4) is 0 Å². The minimum Gasteiger partial charge on any atom is -0.207 e. The van der Waals surface area contributed by atoms with Gasteiger partial charge in [-0.25, -0.2) is 13.2 Å². The average Bonchev–Trinajstić information content (AvgIpc) is 2.49. The molecule has 1 aromatic heterocycles. The SMILES string of the molecule is Fc1cc(F)c(C2CCC(c3cc(Cl)nnc3Cl)CC2)c(F)c1. The van der Waals surface area contributed by atoms with Crippen molar-refractivity contribution in [3.63, 3.8) is 0 Å². The van der Waals surface area contributed by atoms with Crippen molar-refractivity contribution in [2.45, 2.75) is 37.5 Å². The lowest BCUT2D eigenvalue weighted by molar-refractivity contribution is 0.374. The summed E-state index contributed by atoms with van der Waals surface area (Å²) in [4.78, 5) is 0. The first kappa shape index (κ1) is 16.5. The lowest BCUT2D eigenvalue weighted by atomic mass is 9.76. The smallest absolute Gasteiger partial charge is 0.155 e. The van der Waals surface area contributed by atoms with Crippen LogP contribution in [0.25, 0.3) is 0 Å². The first-order valence-electron chi connectivity index (χ1n) is 7.28. The molecule has 3 rings (SSSR count). The second kappa shape index (κ2) is 6.65. The maximum Gasteiger partial charge on any atom is 0.155 e. The summed E-state index contributed by atoms with van der Waals surface area (Å²) >= 11 is 11.9. The van der Waals surface area contributed by atoms with Crippen LogP contribution >= 0.6 is 23.2 Å². The Hall–Kier alpha value is -1.33. The summed E-state index contributed by atoms with van der Waals surface area (Å²) in [7, 11) is 0. The molecule has 1 heterocycles. The number of hydrogen-bond donors (Lipinski definition) is 0. The Morgan fingerprint density at radius 3 is 2.00 bits per heavy atom. The van der Waals surface area contributed by atoms with Crippen molar-refractivity contribution >= 4 is 23.2 Å². The molecule has 7 heteroatoms. The van der Waals surface area contributed by atoms with Crippen molar-refractivity contribution in [2.24, 2.45) is 0 Å². The number of benzene rings is 1. The summed E-state index contributed by atoms with van der Waals surface area (Å²) in [6, 6.07) is 3.14. The molecule has 0 aliphatic heterocycles. The summed E-state index contributed by atoms with van der Waals surface area (Å²) in [6.45, 7) is 0. The summed E-state index contributed by atoms with van der Waals surface area (Å²) in [5.41, 5.74) is 0.784. The van der Waals surface area contributed by atoms with Gasteiger partial charge in [0.25, 0.3) is 0 Å². The molecule has 2 nitrogen and oxygen atoms in total. The van der Waals surface area contributed by atoms with Crippen LogP contribution in [-0.4, -0.2) is 10.2 Å². The van der Waals surface area contributed by atoms with Gasteiger partial charge in [0.1, 0.15) is 17.5 Å². The lowest BCUT2D eigenvalue weighted by Crippen LogP contribution is -2.15. The van der Waals surface area contributed by atoms with E-state index in [-0.39, 0.29) is 22.6 Å². The minimum absolute atomic E-state index is 0.0261. The average molecular weight is 361 g/mol. The number of nitrogens with zero attached hydrogens (tertiary/aromatic N) is 2. The van der Waals surface area contributed by atoms with Crippen LogP contribution < -0.4 is 0 Å². The van der Waals surface area contributed by atoms with Crippen LogP contribution in [0.15, 0.2) is 18.2 Å². The minimum atomic E-state index is -0.901. The van der Waals surface area contributed by atoms with Crippen molar-refractivity contribution in [2.75, 3.05) is 0 Å². The molecule has 1 fully saturated rings. The Kier molecular flexibility index (Phi) is 4.78. The zero-order valence-electron chi connectivity index (χ0n) is 12.0. The highest BCUT2D eigenvalue weighted by Crippen LogP contribution is 2.43. The van der Waals surface area contributed by atoms with Gasteiger partial charge in [0.2, 0.25) is 0 Å². The molecule has 0 spiro atoms. The summed E-state index contributed by atoms with van der Waals surface area (Å²) in [5.74, 6) is -2.69. The molecule has 2 aromatic rings. The van der Waals surface area contributed by atoms with Gasteiger partial charge in [0.05, 0.1) is 0 Å². The molecule has 0 bridgehead atoms. The van der Waals surface area contributed by atoms with Gasteiger partial charge in [-0.2, -0.15) is 0 Å². The van der Waals surface area contributed by atoms with Gasteiger partial charge < -0.3 is 0 Å². The van der Waals surface area contributed by atoms with Crippen LogP contribution in [0.1, 0.15) is 48.6 Å². The number of aromatic nitrogens is 2. The Labute approximate surface area is 141 Å². The Morgan fingerprint density at radius 1 is 0.826 bits per heavy atom. The maximum absolute atomic E-state index is 13.9. The molecule has 0 amide bonds. The fourth-order valence-electron chi connectivity index (χ4n) is 3.29.